The number of aryl methyl sites for hydroxylation is 2. The lowest BCUT2D eigenvalue weighted by molar-refractivity contribution is 0.110. The van der Waals surface area contributed by atoms with Gasteiger partial charge in [0.05, 0.1) is 23.5 Å². The molecule has 0 aliphatic carbocycles. The van der Waals surface area contributed by atoms with Crippen molar-refractivity contribution in [1.29, 1.82) is 0 Å². The monoisotopic (exact) mass is 273 g/mol. The van der Waals surface area contributed by atoms with Crippen LogP contribution in [-0.2, 0) is 11.3 Å². The molecule has 1 aliphatic rings. The second-order valence-electron chi connectivity index (χ2n) is 5.70. The van der Waals surface area contributed by atoms with E-state index >= 15 is 0 Å². The third kappa shape index (κ3) is 2.86. The zero-order valence-electron chi connectivity index (χ0n) is 12.4. The molecule has 4 heteroatoms. The van der Waals surface area contributed by atoms with Crippen molar-refractivity contribution < 1.29 is 4.74 Å². The smallest absolute Gasteiger partial charge is 0.0958 e. The van der Waals surface area contributed by atoms with E-state index in [0.29, 0.717) is 6.10 Å². The van der Waals surface area contributed by atoms with Crippen LogP contribution in [0.2, 0.25) is 0 Å². The number of nitrogens with one attached hydrogen (secondary N) is 1. The first-order valence-corrected chi connectivity index (χ1v) is 7.48. The van der Waals surface area contributed by atoms with E-state index in [0.717, 1.165) is 31.8 Å². The van der Waals surface area contributed by atoms with Gasteiger partial charge in [0.25, 0.3) is 0 Å². The van der Waals surface area contributed by atoms with Crippen LogP contribution in [0.25, 0.3) is 11.0 Å². The molecular weight excluding hydrogens is 250 g/mol. The summed E-state index contributed by atoms with van der Waals surface area (Å²) in [6.45, 7) is 8.09. The number of hydrogen-bond acceptors (Lipinski definition) is 3. The van der Waals surface area contributed by atoms with Crippen LogP contribution < -0.4 is 5.32 Å². The van der Waals surface area contributed by atoms with Gasteiger partial charge in [-0.1, -0.05) is 0 Å². The summed E-state index contributed by atoms with van der Waals surface area (Å²) in [5.41, 5.74) is 4.95. The number of hydrogen-bond donors (Lipinski definition) is 1. The number of nitrogens with zero attached hydrogens (tertiary/aromatic N) is 2. The highest BCUT2D eigenvalue weighted by Gasteiger charge is 2.14. The van der Waals surface area contributed by atoms with Crippen molar-refractivity contribution in [2.45, 2.75) is 39.3 Å². The molecule has 1 unspecified atom stereocenters. The van der Waals surface area contributed by atoms with Crippen molar-refractivity contribution >= 4 is 11.0 Å². The molecule has 0 amide bonds. The summed E-state index contributed by atoms with van der Waals surface area (Å²) in [7, 11) is 0. The van der Waals surface area contributed by atoms with Crippen LogP contribution in [0.1, 0.15) is 24.0 Å². The zero-order chi connectivity index (χ0) is 13.9. The molecule has 0 spiro atoms. The Hall–Kier alpha value is -1.39. The summed E-state index contributed by atoms with van der Waals surface area (Å²) in [4.78, 5) is 4.49. The molecule has 4 nitrogen and oxygen atoms in total. The maximum Gasteiger partial charge on any atom is 0.0958 e. The first kappa shape index (κ1) is 13.6. The maximum atomic E-state index is 5.61. The van der Waals surface area contributed by atoms with Crippen molar-refractivity contribution in [3.05, 3.63) is 29.6 Å². The summed E-state index contributed by atoms with van der Waals surface area (Å²) in [5, 5.41) is 3.48. The number of benzene rings is 1. The van der Waals surface area contributed by atoms with Crippen molar-refractivity contribution in [2.75, 3.05) is 19.7 Å². The lowest BCUT2D eigenvalue weighted by atomic mass is 10.1. The molecule has 0 bridgehead atoms. The molecule has 2 aromatic rings. The van der Waals surface area contributed by atoms with Crippen LogP contribution in [0.5, 0.6) is 0 Å². The largest absolute Gasteiger partial charge is 0.377 e. The second-order valence-corrected chi connectivity index (χ2v) is 5.70. The fourth-order valence-corrected chi connectivity index (χ4v) is 2.76. The quantitative estimate of drug-likeness (QED) is 0.850. The van der Waals surface area contributed by atoms with E-state index in [9.17, 15) is 0 Å². The fraction of sp³-hybridized carbons (Fsp3) is 0.562. The van der Waals surface area contributed by atoms with Crippen molar-refractivity contribution in [2.24, 2.45) is 0 Å². The summed E-state index contributed by atoms with van der Waals surface area (Å²) in [5.74, 6) is 0. The van der Waals surface area contributed by atoms with Crippen LogP contribution in [0, 0.1) is 13.8 Å². The van der Waals surface area contributed by atoms with Gasteiger partial charge >= 0.3 is 0 Å². The van der Waals surface area contributed by atoms with E-state index < -0.39 is 0 Å². The molecule has 1 N–H and O–H groups in total. The molecular formula is C16H23N3O. The van der Waals surface area contributed by atoms with Gasteiger partial charge in [-0.3, -0.25) is 0 Å². The number of imidazole rings is 1. The van der Waals surface area contributed by atoms with Gasteiger partial charge < -0.3 is 14.6 Å². The van der Waals surface area contributed by atoms with E-state index in [-0.39, 0.29) is 0 Å². The molecule has 1 atom stereocenters. The van der Waals surface area contributed by atoms with Crippen LogP contribution in [-0.4, -0.2) is 35.4 Å². The number of fused-ring (bicyclic) bond motifs is 1. The van der Waals surface area contributed by atoms with Crippen molar-refractivity contribution in [3.63, 3.8) is 0 Å². The SMILES string of the molecule is Cc1cc2ncn(CCNCC3CCCO3)c2cc1C. The van der Waals surface area contributed by atoms with Crippen LogP contribution in [0.4, 0.5) is 0 Å². The standard InChI is InChI=1S/C16H23N3O/c1-12-8-15-16(9-13(12)2)19(11-18-15)6-5-17-10-14-4-3-7-20-14/h8-9,11,14,17H,3-7,10H2,1-2H3. The van der Waals surface area contributed by atoms with E-state index in [4.69, 9.17) is 4.74 Å². The van der Waals surface area contributed by atoms with Gasteiger partial charge in [0.1, 0.15) is 0 Å². The predicted molar refractivity (Wildman–Crippen MR) is 81.1 cm³/mol. The Balaban J connectivity index is 1.58. The van der Waals surface area contributed by atoms with Crippen molar-refractivity contribution in [1.82, 2.24) is 14.9 Å². The zero-order valence-corrected chi connectivity index (χ0v) is 12.4. The summed E-state index contributed by atoms with van der Waals surface area (Å²) in [6.07, 6.45) is 4.76. The van der Waals surface area contributed by atoms with Gasteiger partial charge in [0, 0.05) is 26.2 Å². The Morgan fingerprint density at radius 2 is 2.20 bits per heavy atom. The summed E-state index contributed by atoms with van der Waals surface area (Å²) in [6, 6.07) is 4.40. The fourth-order valence-electron chi connectivity index (χ4n) is 2.76. The molecule has 1 aliphatic heterocycles. The third-order valence-electron chi connectivity index (χ3n) is 4.16. The minimum absolute atomic E-state index is 0.416. The molecule has 2 heterocycles. The molecule has 108 valence electrons. The van der Waals surface area contributed by atoms with E-state index in [1.165, 1.54) is 29.5 Å². The van der Waals surface area contributed by atoms with Crippen LogP contribution in [0.15, 0.2) is 18.5 Å². The van der Waals surface area contributed by atoms with Gasteiger partial charge in [0.2, 0.25) is 0 Å². The minimum Gasteiger partial charge on any atom is -0.377 e. The van der Waals surface area contributed by atoms with E-state index in [1.54, 1.807) is 0 Å². The first-order valence-electron chi connectivity index (χ1n) is 7.48. The van der Waals surface area contributed by atoms with E-state index in [2.05, 4.69) is 40.8 Å². The van der Waals surface area contributed by atoms with E-state index in [1.807, 2.05) is 6.33 Å². The Morgan fingerprint density at radius 1 is 1.35 bits per heavy atom. The summed E-state index contributed by atoms with van der Waals surface area (Å²) >= 11 is 0. The average molecular weight is 273 g/mol. The first-order chi connectivity index (χ1) is 9.74. The van der Waals surface area contributed by atoms with Gasteiger partial charge in [-0.25, -0.2) is 4.98 Å². The molecule has 1 aromatic carbocycles. The third-order valence-corrected chi connectivity index (χ3v) is 4.16. The minimum atomic E-state index is 0.416. The normalized spacial score (nSPS) is 19.0. The number of ether oxygens (including phenoxy) is 1. The van der Waals surface area contributed by atoms with Gasteiger partial charge in [0.15, 0.2) is 0 Å². The highest BCUT2D eigenvalue weighted by Crippen LogP contribution is 2.18. The Morgan fingerprint density at radius 3 is 3.00 bits per heavy atom. The van der Waals surface area contributed by atoms with Gasteiger partial charge in [-0.05, 0) is 49.9 Å². The average Bonchev–Trinajstić information content (AvgIpc) is 3.06. The lowest BCUT2D eigenvalue weighted by Gasteiger charge is -2.11. The highest BCUT2D eigenvalue weighted by atomic mass is 16.5. The molecule has 1 fully saturated rings. The van der Waals surface area contributed by atoms with Crippen LogP contribution >= 0.6 is 0 Å². The molecule has 1 saturated heterocycles. The van der Waals surface area contributed by atoms with Crippen LogP contribution in [0.3, 0.4) is 0 Å². The topological polar surface area (TPSA) is 39.1 Å². The Labute approximate surface area is 120 Å². The highest BCUT2D eigenvalue weighted by molar-refractivity contribution is 5.77. The maximum absolute atomic E-state index is 5.61. The summed E-state index contributed by atoms with van der Waals surface area (Å²) < 4.78 is 7.83. The Bertz CT molecular complexity index is 585. The molecule has 0 saturated carbocycles. The lowest BCUT2D eigenvalue weighted by Crippen LogP contribution is -2.28. The van der Waals surface area contributed by atoms with Gasteiger partial charge in [-0.2, -0.15) is 0 Å². The second kappa shape index (κ2) is 5.94. The molecule has 20 heavy (non-hydrogen) atoms. The van der Waals surface area contributed by atoms with Gasteiger partial charge in [-0.15, -0.1) is 0 Å². The number of aromatic nitrogens is 2. The molecule has 1 aromatic heterocycles. The molecule has 3 rings (SSSR count). The number of rotatable bonds is 5. The Kier molecular flexibility index (Phi) is 4.03. The van der Waals surface area contributed by atoms with Crippen molar-refractivity contribution in [3.8, 4) is 0 Å². The predicted octanol–water partition coefficient (Wildman–Crippen LogP) is 2.42. The molecule has 0 radical (unpaired) electrons.